The first kappa shape index (κ1) is 21.4. The van der Waals surface area contributed by atoms with Gasteiger partial charge in [0.25, 0.3) is 5.56 Å². The van der Waals surface area contributed by atoms with Gasteiger partial charge in [0.1, 0.15) is 11.4 Å². The Morgan fingerprint density at radius 2 is 1.73 bits per heavy atom. The van der Waals surface area contributed by atoms with Crippen LogP contribution in [0.1, 0.15) is 49.3 Å². The largest absolute Gasteiger partial charge is 0.421 e. The van der Waals surface area contributed by atoms with E-state index in [4.69, 9.17) is 0 Å². The van der Waals surface area contributed by atoms with Gasteiger partial charge in [-0.2, -0.15) is 13.2 Å². The first-order chi connectivity index (χ1) is 15.9. The third-order valence-corrected chi connectivity index (χ3v) is 5.97. The predicted molar refractivity (Wildman–Crippen MR) is 115 cm³/mol. The fourth-order valence-electron chi connectivity index (χ4n) is 4.08. The Labute approximate surface area is 187 Å². The first-order valence-electron chi connectivity index (χ1n) is 10.8. The highest BCUT2D eigenvalue weighted by atomic mass is 19.4. The molecule has 0 aromatic carbocycles. The van der Waals surface area contributed by atoms with Gasteiger partial charge in [0.15, 0.2) is 0 Å². The molecule has 33 heavy (non-hydrogen) atoms. The Kier molecular flexibility index (Phi) is 5.47. The van der Waals surface area contributed by atoms with Gasteiger partial charge >= 0.3 is 6.18 Å². The molecule has 5 rings (SSSR count). The Hall–Kier alpha value is -3.50. The summed E-state index contributed by atoms with van der Waals surface area (Å²) >= 11 is 0. The molecule has 2 saturated carbocycles. The van der Waals surface area contributed by atoms with Gasteiger partial charge in [-0.05, 0) is 56.4 Å². The second-order valence-corrected chi connectivity index (χ2v) is 8.47. The van der Waals surface area contributed by atoms with Crippen molar-refractivity contribution in [2.24, 2.45) is 0 Å². The molecule has 2 N–H and O–H groups in total. The lowest BCUT2D eigenvalue weighted by Gasteiger charge is -2.15. The molecule has 0 unspecified atom stereocenters. The smallest absolute Gasteiger partial charge is 0.367 e. The van der Waals surface area contributed by atoms with Crippen LogP contribution < -0.4 is 16.2 Å². The average molecular weight is 457 g/mol. The number of halogens is 3. The van der Waals surface area contributed by atoms with Crippen LogP contribution in [0.2, 0.25) is 0 Å². The number of pyridine rings is 2. The Morgan fingerprint density at radius 3 is 2.36 bits per heavy atom. The highest BCUT2D eigenvalue weighted by Crippen LogP contribution is 2.38. The van der Waals surface area contributed by atoms with Gasteiger partial charge < -0.3 is 10.6 Å². The number of hydrogen-bond acceptors (Lipinski definition) is 7. The maximum absolute atomic E-state index is 13.0. The average Bonchev–Trinajstić information content (AvgIpc) is 3.55. The fraction of sp³-hybridized carbons (Fsp3) is 0.409. The maximum Gasteiger partial charge on any atom is 0.421 e. The lowest BCUT2D eigenvalue weighted by atomic mass is 10.2. The van der Waals surface area contributed by atoms with Crippen LogP contribution in [0.15, 0.2) is 47.7 Å². The van der Waals surface area contributed by atoms with Crippen molar-refractivity contribution >= 4 is 11.8 Å². The molecule has 0 bridgehead atoms. The normalized spacial score (nSPS) is 20.6. The second-order valence-electron chi connectivity index (χ2n) is 8.47. The minimum Gasteiger partial charge on any atom is -0.367 e. The lowest BCUT2D eigenvalue weighted by Crippen LogP contribution is -2.27. The van der Waals surface area contributed by atoms with Crippen LogP contribution >= 0.6 is 0 Å². The molecule has 0 radical (unpaired) electrons. The van der Waals surface area contributed by atoms with Gasteiger partial charge in [0.2, 0.25) is 5.95 Å². The molecule has 0 spiro atoms. The van der Waals surface area contributed by atoms with E-state index in [0.717, 1.165) is 48.4 Å². The zero-order valence-corrected chi connectivity index (χ0v) is 17.6. The maximum atomic E-state index is 13.0. The summed E-state index contributed by atoms with van der Waals surface area (Å²) in [6.45, 7) is 0. The summed E-state index contributed by atoms with van der Waals surface area (Å²) in [5.74, 6) is 1.64. The number of rotatable bonds is 6. The fourth-order valence-corrected chi connectivity index (χ4v) is 4.08. The summed E-state index contributed by atoms with van der Waals surface area (Å²) in [5, 5.41) is 15.1. The number of aromatic nitrogens is 5. The monoisotopic (exact) mass is 457 g/mol. The van der Waals surface area contributed by atoms with Crippen molar-refractivity contribution in [3.8, 4) is 5.69 Å². The Balaban J connectivity index is 1.19. The predicted octanol–water partition coefficient (Wildman–Crippen LogP) is 3.76. The standard InChI is InChI=1S/C22H22F3N7O/c23-22(24,25)17-2-1-9-32(20(17)33)16-7-8-19(26-11-16)28-14-5-6-15(10-14)29-21-27-12-18(30-31-21)13-3-4-13/h1-2,7-9,11-15H,3-6,10H2,(H,26,28)(H,27,29,31)/t14-,15-/m0/s1. The zero-order valence-electron chi connectivity index (χ0n) is 17.6. The molecule has 8 nitrogen and oxygen atoms in total. The molecule has 2 atom stereocenters. The summed E-state index contributed by atoms with van der Waals surface area (Å²) in [7, 11) is 0. The summed E-state index contributed by atoms with van der Waals surface area (Å²) in [6.07, 6.45) is 4.77. The van der Waals surface area contributed by atoms with Crippen LogP contribution in [0.3, 0.4) is 0 Å². The van der Waals surface area contributed by atoms with Crippen molar-refractivity contribution in [2.45, 2.75) is 56.3 Å². The van der Waals surface area contributed by atoms with E-state index in [-0.39, 0.29) is 17.8 Å². The second kappa shape index (κ2) is 8.45. The van der Waals surface area contributed by atoms with Crippen LogP contribution in [0.5, 0.6) is 0 Å². The molecular weight excluding hydrogens is 435 g/mol. The summed E-state index contributed by atoms with van der Waals surface area (Å²) in [4.78, 5) is 20.8. The third kappa shape index (κ3) is 4.81. The van der Waals surface area contributed by atoms with Crippen molar-refractivity contribution in [3.63, 3.8) is 0 Å². The number of hydrogen-bond donors (Lipinski definition) is 2. The van der Waals surface area contributed by atoms with E-state index in [0.29, 0.717) is 17.7 Å². The highest BCUT2D eigenvalue weighted by molar-refractivity contribution is 5.42. The Morgan fingerprint density at radius 1 is 0.939 bits per heavy atom. The molecule has 2 aliphatic carbocycles. The van der Waals surface area contributed by atoms with Crippen LogP contribution in [0.4, 0.5) is 24.9 Å². The number of nitrogens with zero attached hydrogens (tertiary/aromatic N) is 5. The molecule has 0 saturated heterocycles. The van der Waals surface area contributed by atoms with E-state index in [2.05, 4.69) is 30.8 Å². The van der Waals surface area contributed by atoms with E-state index in [9.17, 15) is 18.0 Å². The van der Waals surface area contributed by atoms with Crippen molar-refractivity contribution in [1.82, 2.24) is 24.7 Å². The van der Waals surface area contributed by atoms with Gasteiger partial charge in [-0.1, -0.05) is 0 Å². The van der Waals surface area contributed by atoms with Crippen molar-refractivity contribution in [1.29, 1.82) is 0 Å². The van der Waals surface area contributed by atoms with Crippen molar-refractivity contribution < 1.29 is 13.2 Å². The molecule has 11 heteroatoms. The summed E-state index contributed by atoms with van der Waals surface area (Å²) < 4.78 is 39.9. The van der Waals surface area contributed by atoms with E-state index in [1.54, 1.807) is 18.3 Å². The van der Waals surface area contributed by atoms with Crippen LogP contribution in [-0.2, 0) is 6.18 Å². The van der Waals surface area contributed by atoms with E-state index >= 15 is 0 Å². The molecule has 3 aromatic rings. The van der Waals surface area contributed by atoms with Gasteiger partial charge in [0.05, 0.1) is 23.8 Å². The quantitative estimate of drug-likeness (QED) is 0.582. The Bertz CT molecular complexity index is 1170. The SMILES string of the molecule is O=c1c(C(F)(F)F)cccn1-c1ccc(N[C@H]2CC[C@H](Nc3ncc(C4CC4)nn3)C2)nc1. The molecule has 172 valence electrons. The van der Waals surface area contributed by atoms with Crippen LogP contribution in [-0.4, -0.2) is 36.8 Å². The highest BCUT2D eigenvalue weighted by Gasteiger charge is 2.34. The molecule has 3 aromatic heterocycles. The number of alkyl halides is 3. The van der Waals surface area contributed by atoms with E-state index in [1.807, 2.05) is 0 Å². The van der Waals surface area contributed by atoms with Crippen LogP contribution in [0, 0.1) is 0 Å². The minimum atomic E-state index is -4.71. The van der Waals surface area contributed by atoms with Gasteiger partial charge in [0, 0.05) is 24.2 Å². The van der Waals surface area contributed by atoms with Gasteiger partial charge in [-0.15, -0.1) is 10.2 Å². The number of anilines is 2. The first-order valence-corrected chi connectivity index (χ1v) is 10.8. The third-order valence-electron chi connectivity index (χ3n) is 5.97. The zero-order chi connectivity index (χ0) is 23.0. The molecule has 2 aliphatic rings. The van der Waals surface area contributed by atoms with Crippen molar-refractivity contribution in [3.05, 3.63) is 64.5 Å². The molecular formula is C22H22F3N7O. The number of nitrogens with one attached hydrogen (secondary N) is 2. The van der Waals surface area contributed by atoms with Gasteiger partial charge in [-0.3, -0.25) is 9.36 Å². The lowest BCUT2D eigenvalue weighted by molar-refractivity contribution is -0.138. The molecule has 0 aliphatic heterocycles. The minimum absolute atomic E-state index is 0.177. The topological polar surface area (TPSA) is 97.6 Å². The van der Waals surface area contributed by atoms with E-state index in [1.165, 1.54) is 18.5 Å². The van der Waals surface area contributed by atoms with E-state index < -0.39 is 17.3 Å². The molecule has 2 fully saturated rings. The molecule has 3 heterocycles. The summed E-state index contributed by atoms with van der Waals surface area (Å²) in [5.41, 5.74) is -1.12. The molecule has 0 amide bonds. The summed E-state index contributed by atoms with van der Waals surface area (Å²) in [6, 6.07) is 5.58. The van der Waals surface area contributed by atoms with Gasteiger partial charge in [-0.25, -0.2) is 9.97 Å². The van der Waals surface area contributed by atoms with Crippen LogP contribution in [0.25, 0.3) is 5.69 Å². The van der Waals surface area contributed by atoms with Crippen molar-refractivity contribution in [2.75, 3.05) is 10.6 Å².